The Morgan fingerprint density at radius 1 is 1.38 bits per heavy atom. The van der Waals surface area contributed by atoms with Gasteiger partial charge in [0, 0.05) is 13.7 Å². The molecule has 3 nitrogen and oxygen atoms in total. The molecule has 0 aliphatic rings. The van der Waals surface area contributed by atoms with E-state index >= 15 is 0 Å². The Labute approximate surface area is 102 Å². The molecule has 1 aromatic rings. The maximum Gasteiger partial charge on any atom is 0.117 e. The van der Waals surface area contributed by atoms with Gasteiger partial charge in [0.15, 0.2) is 0 Å². The van der Waals surface area contributed by atoms with Crippen molar-refractivity contribution in [2.75, 3.05) is 26.0 Å². The highest BCUT2D eigenvalue weighted by molar-refractivity contribution is 7.98. The minimum Gasteiger partial charge on any atom is -0.464 e. The molecule has 0 bridgehead atoms. The van der Waals surface area contributed by atoms with Crippen molar-refractivity contribution in [3.63, 3.8) is 0 Å². The molecule has 0 aromatic carbocycles. The number of furan rings is 1. The largest absolute Gasteiger partial charge is 0.464 e. The highest BCUT2D eigenvalue weighted by atomic mass is 32.2. The van der Waals surface area contributed by atoms with Crippen LogP contribution in [0.3, 0.4) is 0 Å². The van der Waals surface area contributed by atoms with Crippen LogP contribution in [0, 0.1) is 0 Å². The second kappa shape index (κ2) is 8.67. The van der Waals surface area contributed by atoms with E-state index in [-0.39, 0.29) is 0 Å². The topological polar surface area (TPSA) is 34.4 Å². The van der Waals surface area contributed by atoms with Crippen LogP contribution in [0.1, 0.15) is 24.9 Å². The van der Waals surface area contributed by atoms with E-state index in [9.17, 15) is 0 Å². The zero-order valence-electron chi connectivity index (χ0n) is 10.1. The van der Waals surface area contributed by atoms with Gasteiger partial charge in [-0.3, -0.25) is 0 Å². The standard InChI is InChI=1S/C12H21NO2S/c1-3-13-9-11-5-6-12(15-11)10-16-8-4-7-14-2/h5-6,13H,3-4,7-10H2,1-2H3. The van der Waals surface area contributed by atoms with E-state index in [1.807, 2.05) is 17.8 Å². The van der Waals surface area contributed by atoms with E-state index in [2.05, 4.69) is 18.3 Å². The van der Waals surface area contributed by atoms with E-state index in [0.29, 0.717) is 0 Å². The van der Waals surface area contributed by atoms with Crippen molar-refractivity contribution in [1.82, 2.24) is 5.32 Å². The van der Waals surface area contributed by atoms with Crippen LogP contribution in [0.5, 0.6) is 0 Å². The van der Waals surface area contributed by atoms with Gasteiger partial charge in [-0.2, -0.15) is 11.8 Å². The number of thioether (sulfide) groups is 1. The monoisotopic (exact) mass is 243 g/mol. The number of hydrogen-bond acceptors (Lipinski definition) is 4. The minimum atomic E-state index is 0.824. The lowest BCUT2D eigenvalue weighted by atomic mass is 10.4. The average molecular weight is 243 g/mol. The number of nitrogens with one attached hydrogen (secondary N) is 1. The van der Waals surface area contributed by atoms with Crippen LogP contribution in [0.25, 0.3) is 0 Å². The van der Waals surface area contributed by atoms with Crippen LogP contribution >= 0.6 is 11.8 Å². The summed E-state index contributed by atoms with van der Waals surface area (Å²) in [4.78, 5) is 0. The summed E-state index contributed by atoms with van der Waals surface area (Å²) >= 11 is 1.89. The lowest BCUT2D eigenvalue weighted by Gasteiger charge is -1.99. The molecule has 1 rings (SSSR count). The van der Waals surface area contributed by atoms with Gasteiger partial charge in [0.05, 0.1) is 12.3 Å². The third-order valence-electron chi connectivity index (χ3n) is 2.15. The highest BCUT2D eigenvalue weighted by Crippen LogP contribution is 2.16. The molecule has 0 spiro atoms. The summed E-state index contributed by atoms with van der Waals surface area (Å²) in [6, 6.07) is 4.11. The Kier molecular flexibility index (Phi) is 7.38. The molecule has 16 heavy (non-hydrogen) atoms. The molecule has 0 atom stereocenters. The van der Waals surface area contributed by atoms with Gasteiger partial charge in [-0.1, -0.05) is 6.92 Å². The van der Waals surface area contributed by atoms with Gasteiger partial charge >= 0.3 is 0 Å². The van der Waals surface area contributed by atoms with Crippen LogP contribution < -0.4 is 5.32 Å². The summed E-state index contributed by atoms with van der Waals surface area (Å²) in [5.74, 6) is 4.16. The predicted molar refractivity (Wildman–Crippen MR) is 68.7 cm³/mol. The quantitative estimate of drug-likeness (QED) is 0.676. The summed E-state index contributed by atoms with van der Waals surface area (Å²) in [6.45, 7) is 4.74. The maximum absolute atomic E-state index is 5.68. The fourth-order valence-electron chi connectivity index (χ4n) is 1.32. The van der Waals surface area contributed by atoms with E-state index in [4.69, 9.17) is 9.15 Å². The summed E-state index contributed by atoms with van der Waals surface area (Å²) in [6.07, 6.45) is 1.10. The number of hydrogen-bond donors (Lipinski definition) is 1. The minimum absolute atomic E-state index is 0.824. The van der Waals surface area contributed by atoms with Crippen molar-refractivity contribution in [3.8, 4) is 0 Å². The Bertz CT molecular complexity index is 276. The smallest absolute Gasteiger partial charge is 0.117 e. The van der Waals surface area contributed by atoms with Gasteiger partial charge < -0.3 is 14.5 Å². The molecule has 0 aliphatic carbocycles. The van der Waals surface area contributed by atoms with Gasteiger partial charge in [-0.05, 0) is 30.9 Å². The van der Waals surface area contributed by atoms with Crippen molar-refractivity contribution in [2.24, 2.45) is 0 Å². The summed E-state index contributed by atoms with van der Waals surface area (Å²) in [7, 11) is 1.74. The summed E-state index contributed by atoms with van der Waals surface area (Å²) in [5.41, 5.74) is 0. The molecule has 0 amide bonds. The molecular formula is C12H21NO2S. The third-order valence-corrected chi connectivity index (χ3v) is 3.21. The second-order valence-corrected chi connectivity index (χ2v) is 4.65. The van der Waals surface area contributed by atoms with Gasteiger partial charge in [0.1, 0.15) is 11.5 Å². The van der Waals surface area contributed by atoms with Crippen LogP contribution in [0.2, 0.25) is 0 Å². The number of rotatable bonds is 9. The summed E-state index contributed by atoms with van der Waals surface area (Å²) < 4.78 is 10.7. The molecule has 92 valence electrons. The maximum atomic E-state index is 5.68. The number of methoxy groups -OCH3 is 1. The fraction of sp³-hybridized carbons (Fsp3) is 0.667. The van der Waals surface area contributed by atoms with Gasteiger partial charge in [-0.25, -0.2) is 0 Å². The fourth-order valence-corrected chi connectivity index (χ4v) is 2.14. The first kappa shape index (κ1) is 13.6. The molecule has 4 heteroatoms. The van der Waals surface area contributed by atoms with Crippen molar-refractivity contribution < 1.29 is 9.15 Å². The van der Waals surface area contributed by atoms with Crippen molar-refractivity contribution in [1.29, 1.82) is 0 Å². The molecule has 0 aliphatic heterocycles. The van der Waals surface area contributed by atoms with E-state index < -0.39 is 0 Å². The van der Waals surface area contributed by atoms with Crippen LogP contribution in [-0.2, 0) is 17.0 Å². The second-order valence-electron chi connectivity index (χ2n) is 3.55. The normalized spacial score (nSPS) is 10.9. The summed E-state index contributed by atoms with van der Waals surface area (Å²) in [5, 5.41) is 3.24. The van der Waals surface area contributed by atoms with Gasteiger partial charge in [0.2, 0.25) is 0 Å². The molecule has 1 aromatic heterocycles. The molecule has 0 saturated carbocycles. The van der Waals surface area contributed by atoms with E-state index in [1.54, 1.807) is 7.11 Å². The first-order valence-corrected chi connectivity index (χ1v) is 6.87. The Morgan fingerprint density at radius 3 is 2.94 bits per heavy atom. The first-order chi connectivity index (χ1) is 7.86. The molecule has 1 heterocycles. The van der Waals surface area contributed by atoms with Crippen LogP contribution in [0.15, 0.2) is 16.5 Å². The van der Waals surface area contributed by atoms with Gasteiger partial charge in [0.25, 0.3) is 0 Å². The molecule has 0 unspecified atom stereocenters. The Morgan fingerprint density at radius 2 is 2.19 bits per heavy atom. The van der Waals surface area contributed by atoms with Gasteiger partial charge in [-0.15, -0.1) is 0 Å². The first-order valence-electron chi connectivity index (χ1n) is 5.71. The molecule has 0 radical (unpaired) electrons. The third kappa shape index (κ3) is 5.58. The average Bonchev–Trinajstić information content (AvgIpc) is 2.74. The Balaban J connectivity index is 2.14. The molecule has 0 saturated heterocycles. The van der Waals surface area contributed by atoms with Crippen molar-refractivity contribution >= 4 is 11.8 Å². The number of ether oxygens (including phenoxy) is 1. The van der Waals surface area contributed by atoms with E-state index in [0.717, 1.165) is 49.1 Å². The molecule has 1 N–H and O–H groups in total. The molecule has 0 fully saturated rings. The van der Waals surface area contributed by atoms with E-state index in [1.165, 1.54) is 0 Å². The molecular weight excluding hydrogens is 222 g/mol. The SMILES string of the molecule is CCNCc1ccc(CSCCCOC)o1. The lowest BCUT2D eigenvalue weighted by molar-refractivity contribution is 0.200. The van der Waals surface area contributed by atoms with Crippen molar-refractivity contribution in [3.05, 3.63) is 23.7 Å². The predicted octanol–water partition coefficient (Wildman–Crippen LogP) is 2.66. The van der Waals surface area contributed by atoms with Crippen LogP contribution in [-0.4, -0.2) is 26.0 Å². The highest BCUT2D eigenvalue weighted by Gasteiger charge is 2.01. The lowest BCUT2D eigenvalue weighted by Crippen LogP contribution is -2.10. The van der Waals surface area contributed by atoms with Crippen LogP contribution in [0.4, 0.5) is 0 Å². The zero-order chi connectivity index (χ0) is 11.6. The Hall–Kier alpha value is -0.450. The zero-order valence-corrected chi connectivity index (χ0v) is 10.9. The van der Waals surface area contributed by atoms with Crippen molar-refractivity contribution in [2.45, 2.75) is 25.6 Å².